The first-order chi connectivity index (χ1) is 15.0. The predicted molar refractivity (Wildman–Crippen MR) is 112 cm³/mol. The number of anilines is 1. The molecule has 0 radical (unpaired) electrons. The van der Waals surface area contributed by atoms with Crippen LogP contribution in [-0.2, 0) is 14.3 Å². The van der Waals surface area contributed by atoms with Crippen LogP contribution < -0.4 is 19.5 Å². The lowest BCUT2D eigenvalue weighted by molar-refractivity contribution is -0.149. The topological polar surface area (TPSA) is 96.0 Å². The Kier molecular flexibility index (Phi) is 7.39. The van der Waals surface area contributed by atoms with Crippen molar-refractivity contribution in [3.05, 3.63) is 53.7 Å². The van der Waals surface area contributed by atoms with Crippen LogP contribution in [0.4, 0.5) is 9.52 Å². The fourth-order valence-corrected chi connectivity index (χ4v) is 3.24. The maximum Gasteiger partial charge on any atom is 0.344 e. The van der Waals surface area contributed by atoms with Crippen molar-refractivity contribution >= 4 is 28.3 Å². The number of hydrogen-bond acceptors (Lipinski definition) is 8. The molecule has 0 spiro atoms. The lowest BCUT2D eigenvalue weighted by atomic mass is 10.1. The Bertz CT molecular complexity index is 1070. The van der Waals surface area contributed by atoms with E-state index < -0.39 is 30.9 Å². The molecule has 1 heterocycles. The van der Waals surface area contributed by atoms with Crippen LogP contribution in [0.1, 0.15) is 0 Å². The summed E-state index contributed by atoms with van der Waals surface area (Å²) in [6.45, 7) is -1.04. The normalized spacial score (nSPS) is 10.3. The minimum atomic E-state index is -0.802. The SMILES string of the molecule is COc1ccc(-c2csc(NC(=O)COC(=O)COc3ccccc3F)n2)cc1OC. The van der Waals surface area contributed by atoms with Crippen molar-refractivity contribution in [3.63, 3.8) is 0 Å². The molecule has 0 unspecified atom stereocenters. The van der Waals surface area contributed by atoms with Crippen molar-refractivity contribution in [1.29, 1.82) is 0 Å². The summed E-state index contributed by atoms with van der Waals surface area (Å²) >= 11 is 1.22. The van der Waals surface area contributed by atoms with Crippen molar-refractivity contribution in [1.82, 2.24) is 4.98 Å². The Morgan fingerprint density at radius 2 is 1.81 bits per heavy atom. The minimum absolute atomic E-state index is 0.0746. The number of nitrogens with one attached hydrogen (secondary N) is 1. The summed E-state index contributed by atoms with van der Waals surface area (Å²) in [5.74, 6) is -0.883. The number of rotatable bonds is 9. The molecular weight excluding hydrogens is 427 g/mol. The van der Waals surface area contributed by atoms with Crippen LogP contribution in [0.2, 0.25) is 0 Å². The summed E-state index contributed by atoms with van der Waals surface area (Å²) in [7, 11) is 3.09. The average molecular weight is 446 g/mol. The van der Waals surface area contributed by atoms with Gasteiger partial charge in [0.25, 0.3) is 5.91 Å². The van der Waals surface area contributed by atoms with Gasteiger partial charge in [-0.25, -0.2) is 14.2 Å². The number of ether oxygens (including phenoxy) is 4. The lowest BCUT2D eigenvalue weighted by Crippen LogP contribution is -2.23. The fraction of sp³-hybridized carbons (Fsp3) is 0.190. The first kappa shape index (κ1) is 22.0. The van der Waals surface area contributed by atoms with Crippen LogP contribution >= 0.6 is 11.3 Å². The molecule has 2 aromatic carbocycles. The largest absolute Gasteiger partial charge is 0.493 e. The molecule has 3 rings (SSSR count). The van der Waals surface area contributed by atoms with Gasteiger partial charge in [-0.05, 0) is 30.3 Å². The Balaban J connectivity index is 1.50. The van der Waals surface area contributed by atoms with Gasteiger partial charge in [0.2, 0.25) is 0 Å². The van der Waals surface area contributed by atoms with Gasteiger partial charge >= 0.3 is 5.97 Å². The highest BCUT2D eigenvalue weighted by Gasteiger charge is 2.13. The number of benzene rings is 2. The van der Waals surface area contributed by atoms with Crippen molar-refractivity contribution in [2.24, 2.45) is 0 Å². The van der Waals surface area contributed by atoms with Crippen molar-refractivity contribution in [2.45, 2.75) is 0 Å². The van der Waals surface area contributed by atoms with Crippen LogP contribution in [0.15, 0.2) is 47.8 Å². The van der Waals surface area contributed by atoms with Gasteiger partial charge in [-0.1, -0.05) is 12.1 Å². The van der Waals surface area contributed by atoms with Crippen LogP contribution in [0.3, 0.4) is 0 Å². The number of thiazole rings is 1. The molecule has 3 aromatic rings. The van der Waals surface area contributed by atoms with Crippen LogP contribution in [0.5, 0.6) is 17.2 Å². The number of carbonyl (C=O) groups is 2. The van der Waals surface area contributed by atoms with Gasteiger partial charge in [0.1, 0.15) is 0 Å². The van der Waals surface area contributed by atoms with Crippen molar-refractivity contribution in [3.8, 4) is 28.5 Å². The van der Waals surface area contributed by atoms with E-state index in [0.29, 0.717) is 22.3 Å². The molecule has 0 aliphatic rings. The number of carbonyl (C=O) groups excluding carboxylic acids is 2. The van der Waals surface area contributed by atoms with Gasteiger partial charge in [-0.3, -0.25) is 10.1 Å². The Hall–Kier alpha value is -3.66. The molecule has 162 valence electrons. The van der Waals surface area contributed by atoms with Gasteiger partial charge in [-0.2, -0.15) is 0 Å². The minimum Gasteiger partial charge on any atom is -0.493 e. The first-order valence-electron chi connectivity index (χ1n) is 9.01. The molecule has 0 atom stereocenters. The molecule has 1 N–H and O–H groups in total. The lowest BCUT2D eigenvalue weighted by Gasteiger charge is -2.08. The van der Waals surface area contributed by atoms with Crippen LogP contribution in [0.25, 0.3) is 11.3 Å². The van der Waals surface area contributed by atoms with Gasteiger partial charge < -0.3 is 18.9 Å². The molecule has 10 heteroatoms. The quantitative estimate of drug-likeness (QED) is 0.503. The van der Waals surface area contributed by atoms with Crippen LogP contribution in [-0.4, -0.2) is 44.3 Å². The highest BCUT2D eigenvalue weighted by atomic mass is 32.1. The summed E-state index contributed by atoms with van der Waals surface area (Å²) < 4.78 is 33.8. The molecule has 0 saturated heterocycles. The number of methoxy groups -OCH3 is 2. The molecule has 0 saturated carbocycles. The highest BCUT2D eigenvalue weighted by Crippen LogP contribution is 2.33. The second-order valence-electron chi connectivity index (χ2n) is 6.04. The van der Waals surface area contributed by atoms with E-state index in [4.69, 9.17) is 18.9 Å². The summed E-state index contributed by atoms with van der Waals surface area (Å²) in [5.41, 5.74) is 1.42. The highest BCUT2D eigenvalue weighted by molar-refractivity contribution is 7.14. The van der Waals surface area contributed by atoms with Gasteiger partial charge in [-0.15, -0.1) is 11.3 Å². The summed E-state index contributed by atoms with van der Waals surface area (Å²) in [6.07, 6.45) is 0. The van der Waals surface area contributed by atoms with E-state index in [2.05, 4.69) is 10.3 Å². The second-order valence-corrected chi connectivity index (χ2v) is 6.89. The third kappa shape index (κ3) is 5.92. The number of para-hydroxylation sites is 1. The zero-order valence-electron chi connectivity index (χ0n) is 16.7. The Morgan fingerprint density at radius 1 is 1.03 bits per heavy atom. The van der Waals surface area contributed by atoms with Gasteiger partial charge in [0.15, 0.2) is 41.4 Å². The summed E-state index contributed by atoms with van der Waals surface area (Å²) in [4.78, 5) is 28.1. The third-order valence-corrected chi connectivity index (χ3v) is 4.73. The number of nitrogens with zero attached hydrogens (tertiary/aromatic N) is 1. The summed E-state index contributed by atoms with van der Waals surface area (Å²) in [5, 5.41) is 4.67. The number of hydrogen-bond donors (Lipinski definition) is 1. The number of halogens is 1. The Labute approximate surface area is 181 Å². The van der Waals surface area contributed by atoms with E-state index in [0.717, 1.165) is 5.56 Å². The molecule has 1 amide bonds. The van der Waals surface area contributed by atoms with Crippen molar-refractivity contribution in [2.75, 3.05) is 32.8 Å². The first-order valence-corrected chi connectivity index (χ1v) is 9.89. The molecule has 31 heavy (non-hydrogen) atoms. The van der Waals surface area contributed by atoms with Crippen molar-refractivity contribution < 1.29 is 32.9 Å². The van der Waals surface area contributed by atoms with E-state index in [9.17, 15) is 14.0 Å². The molecule has 0 aliphatic heterocycles. The maximum absolute atomic E-state index is 13.4. The fourth-order valence-electron chi connectivity index (χ4n) is 2.50. The van der Waals surface area contributed by atoms with E-state index in [-0.39, 0.29) is 5.75 Å². The summed E-state index contributed by atoms with van der Waals surface area (Å²) in [6, 6.07) is 11.0. The number of aromatic nitrogens is 1. The monoisotopic (exact) mass is 446 g/mol. The molecule has 8 nitrogen and oxygen atoms in total. The Morgan fingerprint density at radius 3 is 2.55 bits per heavy atom. The zero-order valence-corrected chi connectivity index (χ0v) is 17.5. The molecule has 0 aliphatic carbocycles. The molecular formula is C21H19FN2O6S. The second kappa shape index (κ2) is 10.4. The van der Waals surface area contributed by atoms with Gasteiger partial charge in [0, 0.05) is 10.9 Å². The number of esters is 1. The smallest absolute Gasteiger partial charge is 0.344 e. The third-order valence-electron chi connectivity index (χ3n) is 3.98. The van der Waals surface area contributed by atoms with Gasteiger partial charge in [0.05, 0.1) is 19.9 Å². The standard InChI is InChI=1S/C21H19FN2O6S/c1-27-17-8-7-13(9-18(17)28-2)15-12-31-21(23-15)24-19(25)10-30-20(26)11-29-16-6-4-3-5-14(16)22/h3-9,12H,10-11H2,1-2H3,(H,23,24,25). The molecule has 0 bridgehead atoms. The van der Waals surface area contributed by atoms with Crippen LogP contribution in [0, 0.1) is 5.82 Å². The van der Waals surface area contributed by atoms with E-state index in [1.807, 2.05) is 6.07 Å². The zero-order chi connectivity index (χ0) is 22.2. The maximum atomic E-state index is 13.4. The van der Waals surface area contributed by atoms with E-state index in [1.54, 1.807) is 30.7 Å². The van der Waals surface area contributed by atoms with E-state index in [1.165, 1.54) is 36.6 Å². The number of amides is 1. The molecule has 0 fully saturated rings. The average Bonchev–Trinajstić information content (AvgIpc) is 3.25. The predicted octanol–water partition coefficient (Wildman–Crippen LogP) is 3.53. The van der Waals surface area contributed by atoms with E-state index >= 15 is 0 Å². The molecule has 1 aromatic heterocycles.